The molecule has 0 aliphatic carbocycles. The quantitative estimate of drug-likeness (QED) is 0.367. The number of para-hydroxylation sites is 2. The number of imidazole rings is 1. The summed E-state index contributed by atoms with van der Waals surface area (Å²) in [5, 5.41) is 0. The van der Waals surface area contributed by atoms with Gasteiger partial charge in [-0.2, -0.15) is 0 Å². The summed E-state index contributed by atoms with van der Waals surface area (Å²) in [5.74, 6) is 2.08. The molecule has 1 unspecified atom stereocenters. The van der Waals surface area contributed by atoms with Crippen molar-refractivity contribution in [3.63, 3.8) is 0 Å². The van der Waals surface area contributed by atoms with E-state index in [1.807, 2.05) is 35.2 Å². The first-order valence-electron chi connectivity index (χ1n) is 11.9. The Kier molecular flexibility index (Phi) is 5.86. The van der Waals surface area contributed by atoms with Gasteiger partial charge in [-0.1, -0.05) is 36.4 Å². The van der Waals surface area contributed by atoms with Crippen molar-refractivity contribution in [2.45, 2.75) is 46.6 Å². The molecule has 2 heterocycles. The molecule has 1 aliphatic heterocycles. The zero-order valence-corrected chi connectivity index (χ0v) is 20.3. The first-order valence-corrected chi connectivity index (χ1v) is 11.9. The third-order valence-electron chi connectivity index (χ3n) is 6.96. The first-order chi connectivity index (χ1) is 16.4. The summed E-state index contributed by atoms with van der Waals surface area (Å²) in [6, 6.07) is 20.6. The van der Waals surface area contributed by atoms with E-state index in [9.17, 15) is 4.79 Å². The second-order valence-electron chi connectivity index (χ2n) is 9.35. The number of hydrogen-bond donors (Lipinski definition) is 0. The SMILES string of the molecule is Cc1ccc(C)c(N2CC(c3nc4ccccc4n3CCOc3cccc(C)c3C)CC2=O)c1. The number of anilines is 1. The molecule has 34 heavy (non-hydrogen) atoms. The molecule has 1 fully saturated rings. The van der Waals surface area contributed by atoms with E-state index in [1.165, 1.54) is 11.1 Å². The van der Waals surface area contributed by atoms with Gasteiger partial charge in [0.15, 0.2) is 0 Å². The van der Waals surface area contributed by atoms with E-state index in [4.69, 9.17) is 9.72 Å². The van der Waals surface area contributed by atoms with Crippen LogP contribution in [0.5, 0.6) is 5.75 Å². The van der Waals surface area contributed by atoms with Crippen LogP contribution in [0.1, 0.15) is 40.4 Å². The molecule has 5 rings (SSSR count). The smallest absolute Gasteiger partial charge is 0.227 e. The van der Waals surface area contributed by atoms with Gasteiger partial charge >= 0.3 is 0 Å². The molecule has 5 heteroatoms. The van der Waals surface area contributed by atoms with Gasteiger partial charge in [-0.15, -0.1) is 0 Å². The van der Waals surface area contributed by atoms with Crippen LogP contribution in [0.15, 0.2) is 60.7 Å². The monoisotopic (exact) mass is 453 g/mol. The second-order valence-corrected chi connectivity index (χ2v) is 9.35. The number of hydrogen-bond acceptors (Lipinski definition) is 3. The molecule has 3 aromatic carbocycles. The fraction of sp³-hybridized carbons (Fsp3) is 0.310. The third-order valence-corrected chi connectivity index (χ3v) is 6.96. The number of aromatic nitrogens is 2. The lowest BCUT2D eigenvalue weighted by Gasteiger charge is -2.20. The lowest BCUT2D eigenvalue weighted by atomic mass is 10.1. The van der Waals surface area contributed by atoms with Crippen molar-refractivity contribution < 1.29 is 9.53 Å². The topological polar surface area (TPSA) is 47.4 Å². The maximum Gasteiger partial charge on any atom is 0.227 e. The number of nitrogens with zero attached hydrogens (tertiary/aromatic N) is 3. The van der Waals surface area contributed by atoms with Crippen LogP contribution in [0.4, 0.5) is 5.69 Å². The van der Waals surface area contributed by atoms with Crippen LogP contribution in [-0.2, 0) is 11.3 Å². The summed E-state index contributed by atoms with van der Waals surface area (Å²) < 4.78 is 8.41. The van der Waals surface area contributed by atoms with Gasteiger partial charge < -0.3 is 14.2 Å². The molecule has 0 radical (unpaired) electrons. The molecule has 5 nitrogen and oxygen atoms in total. The van der Waals surface area contributed by atoms with Crippen molar-refractivity contribution in [2.75, 3.05) is 18.1 Å². The van der Waals surface area contributed by atoms with Crippen LogP contribution >= 0.6 is 0 Å². The van der Waals surface area contributed by atoms with Gasteiger partial charge in [0.25, 0.3) is 0 Å². The van der Waals surface area contributed by atoms with Crippen molar-refractivity contribution >= 4 is 22.6 Å². The lowest BCUT2D eigenvalue weighted by molar-refractivity contribution is -0.117. The van der Waals surface area contributed by atoms with Crippen LogP contribution in [0.25, 0.3) is 11.0 Å². The minimum atomic E-state index is 0.0421. The molecule has 174 valence electrons. The van der Waals surface area contributed by atoms with Crippen LogP contribution in [0, 0.1) is 27.7 Å². The van der Waals surface area contributed by atoms with Gasteiger partial charge in [0, 0.05) is 24.6 Å². The standard InChI is InChI=1S/C29H31N3O2/c1-19-12-13-21(3)26(16-19)32-18-23(17-28(32)33)29-30-24-9-5-6-10-25(24)31(29)14-15-34-27-11-7-8-20(2)22(27)4/h5-13,16,23H,14-15,17-18H2,1-4H3. The van der Waals surface area contributed by atoms with Crippen LogP contribution in [0.3, 0.4) is 0 Å². The molecule has 0 bridgehead atoms. The normalized spacial score (nSPS) is 15.9. The van der Waals surface area contributed by atoms with E-state index < -0.39 is 0 Å². The van der Waals surface area contributed by atoms with E-state index in [-0.39, 0.29) is 11.8 Å². The minimum Gasteiger partial charge on any atom is -0.491 e. The van der Waals surface area contributed by atoms with Crippen LogP contribution in [0.2, 0.25) is 0 Å². The highest BCUT2D eigenvalue weighted by molar-refractivity contribution is 5.97. The Labute approximate surface area is 201 Å². The van der Waals surface area contributed by atoms with Gasteiger partial charge in [0.1, 0.15) is 18.2 Å². The van der Waals surface area contributed by atoms with Crippen molar-refractivity contribution in [3.05, 3.63) is 88.7 Å². The van der Waals surface area contributed by atoms with Crippen molar-refractivity contribution in [1.29, 1.82) is 0 Å². The molecule has 4 aromatic rings. The predicted octanol–water partition coefficient (Wildman–Crippen LogP) is 5.87. The average Bonchev–Trinajstić information content (AvgIpc) is 3.39. The highest BCUT2D eigenvalue weighted by atomic mass is 16.5. The molecule has 1 amide bonds. The van der Waals surface area contributed by atoms with E-state index in [0.29, 0.717) is 26.1 Å². The summed E-state index contributed by atoms with van der Waals surface area (Å²) in [6.45, 7) is 10.2. The minimum absolute atomic E-state index is 0.0421. The number of aryl methyl sites for hydroxylation is 3. The Morgan fingerprint density at radius 3 is 2.65 bits per heavy atom. The largest absolute Gasteiger partial charge is 0.491 e. The van der Waals surface area contributed by atoms with E-state index >= 15 is 0 Å². The number of amides is 1. The number of rotatable bonds is 6. The number of carbonyl (C=O) groups is 1. The molecule has 1 atom stereocenters. The number of carbonyl (C=O) groups excluding carboxylic acids is 1. The zero-order valence-electron chi connectivity index (χ0n) is 20.3. The fourth-order valence-corrected chi connectivity index (χ4v) is 4.89. The molecular formula is C29H31N3O2. The maximum atomic E-state index is 13.1. The zero-order chi connectivity index (χ0) is 23.8. The van der Waals surface area contributed by atoms with Crippen LogP contribution in [-0.4, -0.2) is 28.6 Å². The Balaban J connectivity index is 1.42. The van der Waals surface area contributed by atoms with Gasteiger partial charge in [-0.3, -0.25) is 4.79 Å². The summed E-state index contributed by atoms with van der Waals surface area (Å²) in [7, 11) is 0. The average molecular weight is 454 g/mol. The summed E-state index contributed by atoms with van der Waals surface area (Å²) in [5.41, 5.74) is 7.73. The highest BCUT2D eigenvalue weighted by Gasteiger charge is 2.35. The highest BCUT2D eigenvalue weighted by Crippen LogP contribution is 2.35. The molecule has 0 saturated carbocycles. The molecule has 1 aliphatic rings. The van der Waals surface area contributed by atoms with Gasteiger partial charge in [-0.25, -0.2) is 4.98 Å². The van der Waals surface area contributed by atoms with E-state index in [2.05, 4.69) is 62.6 Å². The second kappa shape index (κ2) is 8.98. The molecular weight excluding hydrogens is 422 g/mol. The predicted molar refractivity (Wildman–Crippen MR) is 137 cm³/mol. The van der Waals surface area contributed by atoms with E-state index in [0.717, 1.165) is 39.4 Å². The van der Waals surface area contributed by atoms with Crippen molar-refractivity contribution in [2.24, 2.45) is 0 Å². The Bertz CT molecular complexity index is 1370. The van der Waals surface area contributed by atoms with Crippen molar-refractivity contribution in [3.8, 4) is 5.75 Å². The van der Waals surface area contributed by atoms with E-state index in [1.54, 1.807) is 0 Å². The number of fused-ring (bicyclic) bond motifs is 1. The molecule has 1 aromatic heterocycles. The Morgan fingerprint density at radius 2 is 1.79 bits per heavy atom. The molecule has 0 spiro atoms. The van der Waals surface area contributed by atoms with Crippen LogP contribution < -0.4 is 9.64 Å². The third kappa shape index (κ3) is 4.07. The maximum absolute atomic E-state index is 13.1. The Hall–Kier alpha value is -3.60. The van der Waals surface area contributed by atoms with Gasteiger partial charge in [-0.05, 0) is 74.2 Å². The fourth-order valence-electron chi connectivity index (χ4n) is 4.89. The molecule has 1 saturated heterocycles. The first kappa shape index (κ1) is 22.2. The van der Waals surface area contributed by atoms with Gasteiger partial charge in [0.2, 0.25) is 5.91 Å². The number of benzene rings is 3. The molecule has 0 N–H and O–H groups in total. The summed E-state index contributed by atoms with van der Waals surface area (Å²) >= 11 is 0. The van der Waals surface area contributed by atoms with Gasteiger partial charge in [0.05, 0.1) is 17.6 Å². The lowest BCUT2D eigenvalue weighted by Crippen LogP contribution is -2.25. The summed E-state index contributed by atoms with van der Waals surface area (Å²) in [6.07, 6.45) is 0.467. The summed E-state index contributed by atoms with van der Waals surface area (Å²) in [4.78, 5) is 20.0. The van der Waals surface area contributed by atoms with Crippen molar-refractivity contribution in [1.82, 2.24) is 9.55 Å². The number of ether oxygens (including phenoxy) is 1. The Morgan fingerprint density at radius 1 is 0.971 bits per heavy atom.